The van der Waals surface area contributed by atoms with E-state index < -0.39 is 10.0 Å². The van der Waals surface area contributed by atoms with Crippen molar-refractivity contribution >= 4 is 10.0 Å². The van der Waals surface area contributed by atoms with E-state index in [1.807, 2.05) is 7.05 Å². The minimum absolute atomic E-state index is 0.367. The van der Waals surface area contributed by atoms with Gasteiger partial charge >= 0.3 is 0 Å². The molecule has 1 saturated heterocycles. The Kier molecular flexibility index (Phi) is 4.51. The van der Waals surface area contributed by atoms with Crippen molar-refractivity contribution in [2.45, 2.75) is 53.0 Å². The summed E-state index contributed by atoms with van der Waals surface area (Å²) in [4.78, 5) is 0. The van der Waals surface area contributed by atoms with Gasteiger partial charge in [-0.15, -0.1) is 0 Å². The van der Waals surface area contributed by atoms with Gasteiger partial charge in [0.25, 0.3) is 0 Å². The second-order valence-electron chi connectivity index (χ2n) is 8.18. The Hall–Kier alpha value is -0.130. The van der Waals surface area contributed by atoms with Gasteiger partial charge in [0.1, 0.15) is 0 Å². The van der Waals surface area contributed by atoms with Crippen LogP contribution >= 0.6 is 0 Å². The first-order valence-electron chi connectivity index (χ1n) is 8.14. The molecule has 2 aliphatic rings. The summed E-state index contributed by atoms with van der Waals surface area (Å²) in [5.41, 5.74) is 0.734. The van der Waals surface area contributed by atoms with Gasteiger partial charge in [-0.3, -0.25) is 0 Å². The second-order valence-corrected chi connectivity index (χ2v) is 10.2. The van der Waals surface area contributed by atoms with Crippen LogP contribution < -0.4 is 5.32 Å². The quantitative estimate of drug-likeness (QED) is 0.847. The van der Waals surface area contributed by atoms with E-state index in [2.05, 4.69) is 33.0 Å². The van der Waals surface area contributed by atoms with E-state index in [9.17, 15) is 8.42 Å². The molecule has 1 saturated carbocycles. The molecule has 1 N–H and O–H groups in total. The number of nitrogens with one attached hydrogen (secondary N) is 1. The lowest BCUT2D eigenvalue weighted by atomic mass is 9.88. The van der Waals surface area contributed by atoms with Gasteiger partial charge in [-0.05, 0) is 49.0 Å². The minimum atomic E-state index is -3.04. The van der Waals surface area contributed by atoms with Crippen LogP contribution in [0.1, 0.15) is 47.0 Å². The number of hydrogen-bond donors (Lipinski definition) is 1. The highest BCUT2D eigenvalue weighted by molar-refractivity contribution is 7.88. The summed E-state index contributed by atoms with van der Waals surface area (Å²) in [7, 11) is -0.991. The van der Waals surface area contributed by atoms with E-state index in [-0.39, 0.29) is 0 Å². The number of sulfonamides is 1. The van der Waals surface area contributed by atoms with Gasteiger partial charge in [0, 0.05) is 19.1 Å². The van der Waals surface area contributed by atoms with E-state index in [4.69, 9.17) is 0 Å². The molecule has 2 unspecified atom stereocenters. The normalized spacial score (nSPS) is 31.0. The number of piperidine rings is 1. The molecule has 1 heterocycles. The van der Waals surface area contributed by atoms with Crippen LogP contribution in [-0.4, -0.2) is 45.2 Å². The molecule has 4 nitrogen and oxygen atoms in total. The van der Waals surface area contributed by atoms with Crippen molar-refractivity contribution in [2.75, 3.05) is 26.4 Å². The standard InChI is InChI=1S/C16H32N2O2S/c1-15(2)14(16(15,3)4)13(17-5)10-12-8-7-9-18(11-12)21(6,19)20/h12-14,17H,7-11H2,1-6H3. The highest BCUT2D eigenvalue weighted by atomic mass is 32.2. The zero-order valence-electron chi connectivity index (χ0n) is 14.4. The summed E-state index contributed by atoms with van der Waals surface area (Å²) in [5.74, 6) is 1.15. The van der Waals surface area contributed by atoms with Crippen molar-refractivity contribution in [3.05, 3.63) is 0 Å². The maximum atomic E-state index is 11.7. The molecule has 0 bridgehead atoms. The monoisotopic (exact) mass is 316 g/mol. The first kappa shape index (κ1) is 17.2. The van der Waals surface area contributed by atoms with Crippen LogP contribution in [0.5, 0.6) is 0 Å². The molecule has 0 radical (unpaired) electrons. The van der Waals surface area contributed by atoms with Crippen LogP contribution in [0.2, 0.25) is 0 Å². The summed E-state index contributed by atoms with van der Waals surface area (Å²) in [6.07, 6.45) is 4.56. The molecular formula is C16H32N2O2S. The molecule has 5 heteroatoms. The zero-order valence-corrected chi connectivity index (χ0v) is 15.3. The third-order valence-electron chi connectivity index (χ3n) is 6.44. The van der Waals surface area contributed by atoms with Crippen molar-refractivity contribution in [1.29, 1.82) is 0 Å². The molecule has 1 aliphatic carbocycles. The fourth-order valence-corrected chi connectivity index (χ4v) is 5.50. The average molecular weight is 317 g/mol. The van der Waals surface area contributed by atoms with Crippen molar-refractivity contribution < 1.29 is 8.42 Å². The summed E-state index contributed by atoms with van der Waals surface area (Å²) in [6.45, 7) is 10.8. The summed E-state index contributed by atoms with van der Waals surface area (Å²) in [5, 5.41) is 3.51. The SMILES string of the molecule is CNC(CC1CCCN(S(C)(=O)=O)C1)C1C(C)(C)C1(C)C. The van der Waals surface area contributed by atoms with Crippen LogP contribution in [0.25, 0.3) is 0 Å². The molecule has 0 aromatic carbocycles. The van der Waals surface area contributed by atoms with E-state index in [1.165, 1.54) is 6.26 Å². The van der Waals surface area contributed by atoms with E-state index >= 15 is 0 Å². The second kappa shape index (κ2) is 5.50. The summed E-state index contributed by atoms with van der Waals surface area (Å²) in [6, 6.07) is 0.486. The molecule has 0 aromatic heterocycles. The van der Waals surface area contributed by atoms with Crippen LogP contribution in [0, 0.1) is 22.7 Å². The summed E-state index contributed by atoms with van der Waals surface area (Å²) >= 11 is 0. The molecule has 0 spiro atoms. The fourth-order valence-electron chi connectivity index (χ4n) is 4.55. The van der Waals surface area contributed by atoms with Gasteiger partial charge in [-0.1, -0.05) is 27.7 Å². The van der Waals surface area contributed by atoms with Gasteiger partial charge in [0.15, 0.2) is 0 Å². The average Bonchev–Trinajstić information content (AvgIpc) is 2.77. The maximum absolute atomic E-state index is 11.7. The Morgan fingerprint density at radius 3 is 2.24 bits per heavy atom. The van der Waals surface area contributed by atoms with Gasteiger partial charge in [0.2, 0.25) is 10.0 Å². The molecule has 124 valence electrons. The van der Waals surface area contributed by atoms with Crippen molar-refractivity contribution in [3.63, 3.8) is 0 Å². The Morgan fingerprint density at radius 2 is 1.81 bits per heavy atom. The number of rotatable bonds is 5. The van der Waals surface area contributed by atoms with Crippen molar-refractivity contribution in [1.82, 2.24) is 9.62 Å². The molecule has 0 aromatic rings. The first-order chi connectivity index (χ1) is 9.51. The fraction of sp³-hybridized carbons (Fsp3) is 1.00. The van der Waals surface area contributed by atoms with Crippen LogP contribution in [0.4, 0.5) is 0 Å². The molecule has 0 amide bonds. The summed E-state index contributed by atoms with van der Waals surface area (Å²) < 4.78 is 25.2. The Labute approximate surface area is 130 Å². The predicted octanol–water partition coefficient (Wildman–Crippen LogP) is 2.32. The van der Waals surface area contributed by atoms with E-state index in [0.717, 1.165) is 19.3 Å². The van der Waals surface area contributed by atoms with E-state index in [1.54, 1.807) is 4.31 Å². The highest BCUT2D eigenvalue weighted by Crippen LogP contribution is 2.70. The Bertz CT molecular complexity index is 471. The van der Waals surface area contributed by atoms with Gasteiger partial charge in [-0.25, -0.2) is 12.7 Å². The van der Waals surface area contributed by atoms with Gasteiger partial charge in [0.05, 0.1) is 6.26 Å². The lowest BCUT2D eigenvalue weighted by Crippen LogP contribution is -2.42. The number of nitrogens with zero attached hydrogens (tertiary/aromatic N) is 1. The van der Waals surface area contributed by atoms with Crippen LogP contribution in [0.15, 0.2) is 0 Å². The van der Waals surface area contributed by atoms with Crippen molar-refractivity contribution in [2.24, 2.45) is 22.7 Å². The Morgan fingerprint density at radius 1 is 1.24 bits per heavy atom. The van der Waals surface area contributed by atoms with Crippen LogP contribution in [0.3, 0.4) is 0 Å². The number of hydrogen-bond acceptors (Lipinski definition) is 3. The first-order valence-corrected chi connectivity index (χ1v) is 9.99. The molecule has 1 aliphatic heterocycles. The van der Waals surface area contributed by atoms with Crippen LogP contribution in [-0.2, 0) is 10.0 Å². The molecule has 2 rings (SSSR count). The zero-order chi connectivity index (χ0) is 16.1. The van der Waals surface area contributed by atoms with Crippen molar-refractivity contribution in [3.8, 4) is 0 Å². The van der Waals surface area contributed by atoms with Gasteiger partial charge in [-0.2, -0.15) is 0 Å². The molecule has 21 heavy (non-hydrogen) atoms. The lowest BCUT2D eigenvalue weighted by Gasteiger charge is -2.33. The Balaban J connectivity index is 2.00. The molecule has 2 fully saturated rings. The third-order valence-corrected chi connectivity index (χ3v) is 7.71. The minimum Gasteiger partial charge on any atom is -0.317 e. The predicted molar refractivity (Wildman–Crippen MR) is 87.7 cm³/mol. The smallest absolute Gasteiger partial charge is 0.211 e. The lowest BCUT2D eigenvalue weighted by molar-refractivity contribution is 0.226. The molecular weight excluding hydrogens is 284 g/mol. The van der Waals surface area contributed by atoms with E-state index in [0.29, 0.717) is 41.8 Å². The highest BCUT2D eigenvalue weighted by Gasteiger charge is 2.66. The topological polar surface area (TPSA) is 49.4 Å². The maximum Gasteiger partial charge on any atom is 0.211 e. The van der Waals surface area contributed by atoms with Gasteiger partial charge < -0.3 is 5.32 Å². The largest absolute Gasteiger partial charge is 0.317 e. The molecule has 2 atom stereocenters. The third kappa shape index (κ3) is 3.15.